The zero-order valence-electron chi connectivity index (χ0n) is 20.1. The Morgan fingerprint density at radius 2 is 1.21 bits per heavy atom. The summed E-state index contributed by atoms with van der Waals surface area (Å²) in [5, 5.41) is 0. The Labute approximate surface area is 183 Å². The van der Waals surface area contributed by atoms with Crippen LogP contribution < -0.4 is 0 Å². The molecule has 0 aromatic carbocycles. The average molecular weight is 430 g/mol. The molecule has 3 nitrogen and oxygen atoms in total. The molecule has 1 aliphatic rings. The van der Waals surface area contributed by atoms with Crippen LogP contribution in [-0.4, -0.2) is 44.0 Å². The van der Waals surface area contributed by atoms with Gasteiger partial charge in [-0.05, 0) is 52.2 Å². The molecule has 1 aliphatic heterocycles. The third-order valence-corrected chi connectivity index (χ3v) is 9.39. The van der Waals surface area contributed by atoms with Crippen molar-refractivity contribution in [2.24, 2.45) is 5.92 Å². The van der Waals surface area contributed by atoms with Crippen LogP contribution in [-0.2, 0) is 9.09 Å². The molecule has 0 spiro atoms. The van der Waals surface area contributed by atoms with Gasteiger partial charge in [-0.2, -0.15) is 0 Å². The lowest BCUT2D eigenvalue weighted by molar-refractivity contribution is 0.226. The summed E-state index contributed by atoms with van der Waals surface area (Å²) < 4.78 is 19.1. The Bertz CT molecular complexity index is 408. The number of hydrogen-bond acceptors (Lipinski definition) is 3. The number of rotatable bonds is 19. The quantitative estimate of drug-likeness (QED) is 0.153. The van der Waals surface area contributed by atoms with Crippen LogP contribution in [0.3, 0.4) is 0 Å². The predicted molar refractivity (Wildman–Crippen MR) is 129 cm³/mol. The van der Waals surface area contributed by atoms with Crippen molar-refractivity contribution in [1.82, 2.24) is 4.90 Å². The first-order valence-corrected chi connectivity index (χ1v) is 15.0. The van der Waals surface area contributed by atoms with Gasteiger partial charge in [-0.25, -0.2) is 0 Å². The number of piperidine rings is 1. The molecule has 1 rings (SSSR count). The molecule has 0 amide bonds. The highest BCUT2D eigenvalue weighted by Gasteiger charge is 2.28. The van der Waals surface area contributed by atoms with Gasteiger partial charge in [0.05, 0.1) is 6.61 Å². The van der Waals surface area contributed by atoms with E-state index in [1.54, 1.807) is 0 Å². The highest BCUT2D eigenvalue weighted by Crippen LogP contribution is 2.50. The van der Waals surface area contributed by atoms with Crippen molar-refractivity contribution in [1.29, 1.82) is 0 Å². The summed E-state index contributed by atoms with van der Waals surface area (Å²) >= 11 is 0. The van der Waals surface area contributed by atoms with Crippen molar-refractivity contribution >= 4 is 7.37 Å². The van der Waals surface area contributed by atoms with E-state index >= 15 is 0 Å². The predicted octanol–water partition coefficient (Wildman–Crippen LogP) is 8.12. The van der Waals surface area contributed by atoms with Gasteiger partial charge in [-0.1, -0.05) is 90.4 Å². The van der Waals surface area contributed by atoms with E-state index in [1.807, 2.05) is 6.92 Å². The molecule has 29 heavy (non-hydrogen) atoms. The average Bonchev–Trinajstić information content (AvgIpc) is 2.70. The van der Waals surface area contributed by atoms with Gasteiger partial charge in [-0.15, -0.1) is 0 Å². The van der Waals surface area contributed by atoms with Crippen molar-refractivity contribution in [3.05, 3.63) is 0 Å². The Morgan fingerprint density at radius 1 is 0.759 bits per heavy atom. The van der Waals surface area contributed by atoms with E-state index in [1.165, 1.54) is 96.3 Å². The highest BCUT2D eigenvalue weighted by atomic mass is 31.2. The van der Waals surface area contributed by atoms with Crippen LogP contribution in [0.4, 0.5) is 0 Å². The van der Waals surface area contributed by atoms with Gasteiger partial charge in [-0.3, -0.25) is 4.57 Å². The summed E-state index contributed by atoms with van der Waals surface area (Å²) in [6, 6.07) is 0. The molecule has 4 heteroatoms. The lowest BCUT2D eigenvalue weighted by Gasteiger charge is -2.31. The fourth-order valence-corrected chi connectivity index (χ4v) is 7.37. The minimum Gasteiger partial charge on any atom is -0.329 e. The minimum absolute atomic E-state index is 0.600. The van der Waals surface area contributed by atoms with Crippen LogP contribution in [0.2, 0.25) is 0 Å². The largest absolute Gasteiger partial charge is 0.329 e. The van der Waals surface area contributed by atoms with Crippen molar-refractivity contribution in [3.8, 4) is 0 Å². The molecule has 174 valence electrons. The molecular weight excluding hydrogens is 377 g/mol. The molecular formula is C25H52NO2P. The van der Waals surface area contributed by atoms with Crippen molar-refractivity contribution in [3.63, 3.8) is 0 Å². The van der Waals surface area contributed by atoms with E-state index in [9.17, 15) is 4.57 Å². The lowest BCUT2D eigenvalue weighted by Crippen LogP contribution is -2.31. The maximum absolute atomic E-state index is 13.2. The fraction of sp³-hybridized carbons (Fsp3) is 1.00. The van der Waals surface area contributed by atoms with Crippen molar-refractivity contribution < 1.29 is 9.09 Å². The second-order valence-corrected chi connectivity index (χ2v) is 12.2. The summed E-state index contributed by atoms with van der Waals surface area (Å²) in [6.07, 6.45) is 23.1. The summed E-state index contributed by atoms with van der Waals surface area (Å²) in [5.41, 5.74) is 0. The summed E-state index contributed by atoms with van der Waals surface area (Å²) in [7, 11) is -0.223. The number of unbranched alkanes of at least 4 members (excludes halogenated alkanes) is 13. The lowest BCUT2D eigenvalue weighted by atomic mass is 10.00. The first kappa shape index (κ1) is 27.2. The van der Waals surface area contributed by atoms with Gasteiger partial charge in [0, 0.05) is 12.3 Å². The van der Waals surface area contributed by atoms with Crippen molar-refractivity contribution in [2.75, 3.05) is 39.1 Å². The summed E-state index contributed by atoms with van der Waals surface area (Å²) in [6.45, 7) is 7.17. The Morgan fingerprint density at radius 3 is 1.66 bits per heavy atom. The zero-order valence-corrected chi connectivity index (χ0v) is 21.0. The molecule has 1 unspecified atom stereocenters. The van der Waals surface area contributed by atoms with Gasteiger partial charge in [0.15, 0.2) is 0 Å². The Hall–Kier alpha value is 0.150. The molecule has 0 N–H and O–H groups in total. The van der Waals surface area contributed by atoms with Gasteiger partial charge in [0.25, 0.3) is 0 Å². The van der Waals surface area contributed by atoms with Gasteiger partial charge < -0.3 is 9.42 Å². The molecule has 0 aromatic rings. The maximum atomic E-state index is 13.2. The standard InChI is InChI=1S/C25H52NO2P/c1-4-6-7-8-9-10-11-12-13-14-15-16-17-18-23-29(27,28-5-2)24-25-19-21-26(3)22-20-25/h25H,4-24H2,1-3H3. The third-order valence-electron chi connectivity index (χ3n) is 6.59. The van der Waals surface area contributed by atoms with Crippen LogP contribution in [0.1, 0.15) is 117 Å². The monoisotopic (exact) mass is 429 g/mol. The number of likely N-dealkylation sites (tertiary alicyclic amines) is 1. The molecule has 0 aromatic heterocycles. The topological polar surface area (TPSA) is 29.5 Å². The minimum atomic E-state index is -2.41. The van der Waals surface area contributed by atoms with Crippen LogP contribution in [0.5, 0.6) is 0 Å². The van der Waals surface area contributed by atoms with Gasteiger partial charge in [0.1, 0.15) is 0 Å². The maximum Gasteiger partial charge on any atom is 0.203 e. The van der Waals surface area contributed by atoms with Gasteiger partial charge in [0.2, 0.25) is 7.37 Å². The summed E-state index contributed by atoms with van der Waals surface area (Å²) in [4.78, 5) is 2.38. The van der Waals surface area contributed by atoms with Gasteiger partial charge >= 0.3 is 0 Å². The molecule has 0 saturated carbocycles. The van der Waals surface area contributed by atoms with E-state index < -0.39 is 7.37 Å². The first-order chi connectivity index (χ1) is 14.1. The van der Waals surface area contributed by atoms with E-state index in [0.717, 1.165) is 31.8 Å². The van der Waals surface area contributed by atoms with E-state index in [-0.39, 0.29) is 0 Å². The van der Waals surface area contributed by atoms with E-state index in [2.05, 4.69) is 18.9 Å². The first-order valence-electron chi connectivity index (χ1n) is 13.0. The summed E-state index contributed by atoms with van der Waals surface area (Å²) in [5.74, 6) is 0.607. The van der Waals surface area contributed by atoms with E-state index in [0.29, 0.717) is 12.5 Å². The van der Waals surface area contributed by atoms with E-state index in [4.69, 9.17) is 4.52 Å². The molecule has 1 heterocycles. The second kappa shape index (κ2) is 17.8. The Balaban J connectivity index is 1.99. The van der Waals surface area contributed by atoms with Crippen LogP contribution in [0.25, 0.3) is 0 Å². The Kier molecular flexibility index (Phi) is 16.7. The SMILES string of the molecule is CCCCCCCCCCCCCCCCP(=O)(CC1CCN(C)CC1)OCC. The highest BCUT2D eigenvalue weighted by molar-refractivity contribution is 7.59. The second-order valence-electron chi connectivity index (χ2n) is 9.48. The van der Waals surface area contributed by atoms with Crippen LogP contribution in [0, 0.1) is 5.92 Å². The molecule has 1 saturated heterocycles. The van der Waals surface area contributed by atoms with Crippen LogP contribution >= 0.6 is 7.37 Å². The zero-order chi connectivity index (χ0) is 21.2. The smallest absolute Gasteiger partial charge is 0.203 e. The molecule has 1 fully saturated rings. The number of nitrogens with zero attached hydrogens (tertiary/aromatic N) is 1. The number of hydrogen-bond donors (Lipinski definition) is 0. The van der Waals surface area contributed by atoms with Crippen molar-refractivity contribution in [2.45, 2.75) is 117 Å². The third kappa shape index (κ3) is 14.7. The molecule has 1 atom stereocenters. The van der Waals surface area contributed by atoms with Crippen LogP contribution in [0.15, 0.2) is 0 Å². The molecule has 0 bridgehead atoms. The molecule has 0 aliphatic carbocycles. The molecule has 0 radical (unpaired) electrons. The normalized spacial score (nSPS) is 18.2. The fourth-order valence-electron chi connectivity index (χ4n) is 4.63.